The van der Waals surface area contributed by atoms with E-state index in [0.29, 0.717) is 11.9 Å². The van der Waals surface area contributed by atoms with Crippen LogP contribution in [0.25, 0.3) is 0 Å². The van der Waals surface area contributed by atoms with Crippen LogP contribution < -0.4 is 0 Å². The van der Waals surface area contributed by atoms with Crippen molar-refractivity contribution in [1.82, 2.24) is 4.98 Å². The minimum absolute atomic E-state index is 0.215. The van der Waals surface area contributed by atoms with Gasteiger partial charge in [-0.15, -0.1) is 0 Å². The standard InChI is InChI=1S/C13H21NO2S2/c1-12(6-4-10-16-11-5-9-15)17-18-13-7-2-3-8-14-13/h2-3,7-8,12,15H,4-6,9-11H2,1H3. The van der Waals surface area contributed by atoms with Crippen LogP contribution in [-0.4, -0.2) is 35.2 Å². The van der Waals surface area contributed by atoms with Gasteiger partial charge in [0.1, 0.15) is 5.03 Å². The molecule has 1 unspecified atom stereocenters. The van der Waals surface area contributed by atoms with Gasteiger partial charge in [-0.3, -0.25) is 0 Å². The van der Waals surface area contributed by atoms with Gasteiger partial charge in [-0.1, -0.05) is 23.8 Å². The fourth-order valence-corrected chi connectivity index (χ4v) is 3.45. The Bertz CT molecular complexity index is 298. The molecule has 0 aliphatic heterocycles. The van der Waals surface area contributed by atoms with Gasteiger partial charge in [0.25, 0.3) is 0 Å². The van der Waals surface area contributed by atoms with E-state index >= 15 is 0 Å². The van der Waals surface area contributed by atoms with Crippen LogP contribution in [0.3, 0.4) is 0 Å². The molecule has 1 N–H and O–H groups in total. The van der Waals surface area contributed by atoms with Crippen molar-refractivity contribution in [3.8, 4) is 0 Å². The minimum atomic E-state index is 0.215. The highest BCUT2D eigenvalue weighted by Gasteiger charge is 2.04. The lowest BCUT2D eigenvalue weighted by Gasteiger charge is -2.09. The number of pyridine rings is 1. The normalized spacial score (nSPS) is 12.6. The molecule has 1 rings (SSSR count). The average molecular weight is 287 g/mol. The number of hydrogen-bond donors (Lipinski definition) is 1. The summed E-state index contributed by atoms with van der Waals surface area (Å²) >= 11 is 0. The molecule has 0 spiro atoms. The van der Waals surface area contributed by atoms with Crippen LogP contribution in [0.1, 0.15) is 26.2 Å². The molecular formula is C13H21NO2S2. The zero-order valence-corrected chi connectivity index (χ0v) is 12.4. The van der Waals surface area contributed by atoms with E-state index in [2.05, 4.69) is 11.9 Å². The second kappa shape index (κ2) is 10.7. The summed E-state index contributed by atoms with van der Waals surface area (Å²) in [6.45, 7) is 3.90. The first-order valence-corrected chi connectivity index (χ1v) is 8.47. The number of nitrogens with zero attached hydrogens (tertiary/aromatic N) is 1. The highest BCUT2D eigenvalue weighted by atomic mass is 33.1. The first-order valence-electron chi connectivity index (χ1n) is 6.26. The summed E-state index contributed by atoms with van der Waals surface area (Å²) in [5.74, 6) is 0. The third-order valence-electron chi connectivity index (χ3n) is 2.28. The van der Waals surface area contributed by atoms with Gasteiger partial charge in [0.05, 0.1) is 0 Å². The predicted octanol–water partition coefficient (Wildman–Crippen LogP) is 3.39. The lowest BCUT2D eigenvalue weighted by atomic mass is 10.2. The zero-order valence-electron chi connectivity index (χ0n) is 10.7. The van der Waals surface area contributed by atoms with E-state index in [1.807, 2.05) is 35.2 Å². The molecule has 1 heterocycles. The lowest BCUT2D eigenvalue weighted by Crippen LogP contribution is -2.02. The molecule has 0 bridgehead atoms. The Labute approximate surface area is 117 Å². The fraction of sp³-hybridized carbons (Fsp3) is 0.615. The van der Waals surface area contributed by atoms with Gasteiger partial charge in [0.2, 0.25) is 0 Å². The average Bonchev–Trinajstić information content (AvgIpc) is 2.41. The number of rotatable bonds is 10. The Morgan fingerprint density at radius 2 is 2.17 bits per heavy atom. The maximum absolute atomic E-state index is 8.60. The lowest BCUT2D eigenvalue weighted by molar-refractivity contribution is 0.113. The number of aliphatic hydroxyl groups excluding tert-OH is 1. The molecule has 1 aromatic heterocycles. The third kappa shape index (κ3) is 7.97. The predicted molar refractivity (Wildman–Crippen MR) is 78.9 cm³/mol. The van der Waals surface area contributed by atoms with Crippen LogP contribution in [0.5, 0.6) is 0 Å². The van der Waals surface area contributed by atoms with E-state index in [-0.39, 0.29) is 6.61 Å². The van der Waals surface area contributed by atoms with Gasteiger partial charge in [0.15, 0.2) is 0 Å². The van der Waals surface area contributed by atoms with E-state index < -0.39 is 0 Å². The van der Waals surface area contributed by atoms with Crippen molar-refractivity contribution in [3.05, 3.63) is 24.4 Å². The minimum Gasteiger partial charge on any atom is -0.396 e. The second-order valence-corrected chi connectivity index (χ2v) is 6.65. The summed E-state index contributed by atoms with van der Waals surface area (Å²) in [5, 5.41) is 10.3. The van der Waals surface area contributed by atoms with Crippen molar-refractivity contribution < 1.29 is 9.84 Å². The Morgan fingerprint density at radius 1 is 1.33 bits per heavy atom. The summed E-state index contributed by atoms with van der Waals surface area (Å²) < 4.78 is 5.40. The quantitative estimate of drug-likeness (QED) is 0.528. The van der Waals surface area contributed by atoms with Gasteiger partial charge < -0.3 is 9.84 Å². The SMILES string of the molecule is CC(CCCOCCCO)SSc1ccccn1. The highest BCUT2D eigenvalue weighted by molar-refractivity contribution is 8.76. The first kappa shape index (κ1) is 15.8. The molecule has 0 amide bonds. The zero-order chi connectivity index (χ0) is 13.1. The largest absolute Gasteiger partial charge is 0.396 e. The Hall–Kier alpha value is -0.230. The third-order valence-corrected chi connectivity index (χ3v) is 5.14. The maximum Gasteiger partial charge on any atom is 0.106 e. The van der Waals surface area contributed by atoms with E-state index in [4.69, 9.17) is 9.84 Å². The van der Waals surface area contributed by atoms with Crippen LogP contribution in [0.15, 0.2) is 29.4 Å². The molecule has 0 saturated carbocycles. The van der Waals surface area contributed by atoms with Gasteiger partial charge in [-0.25, -0.2) is 4.98 Å². The molecule has 0 radical (unpaired) electrons. The smallest absolute Gasteiger partial charge is 0.106 e. The first-order chi connectivity index (χ1) is 8.83. The Morgan fingerprint density at radius 3 is 2.89 bits per heavy atom. The molecule has 0 aliphatic rings. The van der Waals surface area contributed by atoms with Crippen molar-refractivity contribution in [2.75, 3.05) is 19.8 Å². The molecular weight excluding hydrogens is 266 g/mol. The maximum atomic E-state index is 8.60. The van der Waals surface area contributed by atoms with E-state index in [0.717, 1.165) is 30.9 Å². The van der Waals surface area contributed by atoms with Gasteiger partial charge >= 0.3 is 0 Å². The Balaban J connectivity index is 1.99. The molecule has 0 saturated heterocycles. The van der Waals surface area contributed by atoms with Crippen molar-refractivity contribution in [3.63, 3.8) is 0 Å². The number of aromatic nitrogens is 1. The molecule has 0 fully saturated rings. The van der Waals surface area contributed by atoms with Crippen LogP contribution in [0.4, 0.5) is 0 Å². The molecule has 3 nitrogen and oxygen atoms in total. The second-order valence-electron chi connectivity index (χ2n) is 3.99. The van der Waals surface area contributed by atoms with Crippen LogP contribution in [0.2, 0.25) is 0 Å². The highest BCUT2D eigenvalue weighted by Crippen LogP contribution is 2.34. The molecule has 0 aliphatic carbocycles. The molecule has 1 aromatic rings. The monoisotopic (exact) mass is 287 g/mol. The van der Waals surface area contributed by atoms with E-state index in [1.54, 1.807) is 10.8 Å². The van der Waals surface area contributed by atoms with Gasteiger partial charge in [-0.2, -0.15) is 0 Å². The Kier molecular flexibility index (Phi) is 9.38. The summed E-state index contributed by atoms with van der Waals surface area (Å²) in [7, 11) is 3.59. The van der Waals surface area contributed by atoms with E-state index in [1.165, 1.54) is 0 Å². The summed E-state index contributed by atoms with van der Waals surface area (Å²) in [6.07, 6.45) is 4.77. The molecule has 1 atom stereocenters. The summed E-state index contributed by atoms with van der Waals surface area (Å²) in [6, 6.07) is 5.97. The fourth-order valence-electron chi connectivity index (χ4n) is 1.32. The van der Waals surface area contributed by atoms with Gasteiger partial charge in [0, 0.05) is 31.3 Å². The van der Waals surface area contributed by atoms with Crippen LogP contribution >= 0.6 is 21.6 Å². The van der Waals surface area contributed by atoms with E-state index in [9.17, 15) is 0 Å². The van der Waals surface area contributed by atoms with Crippen LogP contribution in [-0.2, 0) is 4.74 Å². The molecule has 18 heavy (non-hydrogen) atoms. The summed E-state index contributed by atoms with van der Waals surface area (Å²) in [5.41, 5.74) is 0. The van der Waals surface area contributed by atoms with Gasteiger partial charge in [-0.05, 0) is 42.2 Å². The topological polar surface area (TPSA) is 42.4 Å². The van der Waals surface area contributed by atoms with Crippen molar-refractivity contribution >= 4 is 21.6 Å². The van der Waals surface area contributed by atoms with Crippen molar-refractivity contribution in [1.29, 1.82) is 0 Å². The van der Waals surface area contributed by atoms with Crippen LogP contribution in [0, 0.1) is 0 Å². The molecule has 5 heteroatoms. The molecule has 0 aromatic carbocycles. The number of aliphatic hydroxyl groups is 1. The van der Waals surface area contributed by atoms with Crippen molar-refractivity contribution in [2.45, 2.75) is 36.5 Å². The van der Waals surface area contributed by atoms with Crippen molar-refractivity contribution in [2.24, 2.45) is 0 Å². The molecule has 102 valence electrons. The summed E-state index contributed by atoms with van der Waals surface area (Å²) in [4.78, 5) is 4.27. The number of hydrogen-bond acceptors (Lipinski definition) is 5. The number of ether oxygens (including phenoxy) is 1.